The quantitative estimate of drug-likeness (QED) is 0.586. The van der Waals surface area contributed by atoms with Crippen molar-refractivity contribution in [1.29, 1.82) is 0 Å². The molecular weight excluding hydrogens is 202 g/mol. The molecule has 0 aliphatic carbocycles. The van der Waals surface area contributed by atoms with Gasteiger partial charge in [-0.1, -0.05) is 0 Å². The zero-order valence-corrected chi connectivity index (χ0v) is 9.38. The number of aromatic nitrogens is 3. The standard InChI is InChI=1S/C11H15N5/c1-8-5-9(3-4-13-8)11(15-12)10-6-14-16(2)7-10/h3-7,11,15H,12H2,1-2H3. The highest BCUT2D eigenvalue weighted by Gasteiger charge is 2.13. The Hall–Kier alpha value is -1.72. The Morgan fingerprint density at radius 1 is 1.44 bits per heavy atom. The van der Waals surface area contributed by atoms with Gasteiger partial charge < -0.3 is 0 Å². The van der Waals surface area contributed by atoms with E-state index in [4.69, 9.17) is 5.84 Å². The molecule has 2 aromatic rings. The summed E-state index contributed by atoms with van der Waals surface area (Å²) < 4.78 is 1.76. The Kier molecular flexibility index (Phi) is 2.98. The predicted molar refractivity (Wildman–Crippen MR) is 61.3 cm³/mol. The molecule has 2 rings (SSSR count). The van der Waals surface area contributed by atoms with Crippen LogP contribution in [0.3, 0.4) is 0 Å². The van der Waals surface area contributed by atoms with Crippen LogP contribution in [0.5, 0.6) is 0 Å². The summed E-state index contributed by atoms with van der Waals surface area (Å²) in [6, 6.07) is 3.91. The maximum atomic E-state index is 5.59. The normalized spacial score (nSPS) is 12.7. The lowest BCUT2D eigenvalue weighted by Crippen LogP contribution is -2.28. The third kappa shape index (κ3) is 2.10. The lowest BCUT2D eigenvalue weighted by Gasteiger charge is -2.14. The first-order valence-corrected chi connectivity index (χ1v) is 5.08. The van der Waals surface area contributed by atoms with Crippen LogP contribution in [-0.2, 0) is 7.05 Å². The van der Waals surface area contributed by atoms with Gasteiger partial charge in [-0.15, -0.1) is 0 Å². The fourth-order valence-corrected chi connectivity index (χ4v) is 1.72. The first-order chi connectivity index (χ1) is 7.70. The number of rotatable bonds is 3. The van der Waals surface area contributed by atoms with E-state index in [1.54, 1.807) is 17.1 Å². The van der Waals surface area contributed by atoms with Crippen molar-refractivity contribution in [1.82, 2.24) is 20.2 Å². The van der Waals surface area contributed by atoms with Crippen LogP contribution in [0, 0.1) is 6.92 Å². The van der Waals surface area contributed by atoms with Crippen molar-refractivity contribution >= 4 is 0 Å². The summed E-state index contributed by atoms with van der Waals surface area (Å²) in [6.07, 6.45) is 5.53. The minimum Gasteiger partial charge on any atom is -0.275 e. The van der Waals surface area contributed by atoms with E-state index in [9.17, 15) is 0 Å². The zero-order chi connectivity index (χ0) is 11.5. The number of hydrazine groups is 1. The molecule has 0 spiro atoms. The first kappa shape index (κ1) is 10.8. The lowest BCUT2D eigenvalue weighted by atomic mass is 10.0. The van der Waals surface area contributed by atoms with E-state index in [1.165, 1.54) is 0 Å². The van der Waals surface area contributed by atoms with Crippen LogP contribution in [0.2, 0.25) is 0 Å². The molecule has 2 aromatic heterocycles. The minimum atomic E-state index is -0.0459. The summed E-state index contributed by atoms with van der Waals surface area (Å²) in [7, 11) is 1.88. The van der Waals surface area contributed by atoms with E-state index < -0.39 is 0 Å². The summed E-state index contributed by atoms with van der Waals surface area (Å²) in [5, 5.41) is 4.14. The highest BCUT2D eigenvalue weighted by molar-refractivity contribution is 5.28. The van der Waals surface area contributed by atoms with E-state index in [0.717, 1.165) is 16.8 Å². The number of nitrogens with one attached hydrogen (secondary N) is 1. The van der Waals surface area contributed by atoms with E-state index in [1.807, 2.05) is 32.3 Å². The maximum absolute atomic E-state index is 5.59. The number of hydrogen-bond donors (Lipinski definition) is 2. The topological polar surface area (TPSA) is 68.8 Å². The van der Waals surface area contributed by atoms with Crippen molar-refractivity contribution in [2.75, 3.05) is 0 Å². The van der Waals surface area contributed by atoms with Crippen LogP contribution in [0.25, 0.3) is 0 Å². The summed E-state index contributed by atoms with van der Waals surface area (Å²) in [4.78, 5) is 4.17. The van der Waals surface area contributed by atoms with Gasteiger partial charge in [0.25, 0.3) is 0 Å². The third-order valence-corrected chi connectivity index (χ3v) is 2.48. The Balaban J connectivity index is 2.36. The average molecular weight is 217 g/mol. The molecule has 84 valence electrons. The van der Waals surface area contributed by atoms with Gasteiger partial charge in [-0.25, -0.2) is 5.43 Å². The van der Waals surface area contributed by atoms with Gasteiger partial charge in [0.15, 0.2) is 0 Å². The van der Waals surface area contributed by atoms with E-state index in [0.29, 0.717) is 0 Å². The molecule has 3 N–H and O–H groups in total. The molecular formula is C11H15N5. The molecule has 0 bridgehead atoms. The molecule has 0 aliphatic rings. The van der Waals surface area contributed by atoms with Crippen LogP contribution in [-0.4, -0.2) is 14.8 Å². The Morgan fingerprint density at radius 2 is 2.25 bits per heavy atom. The fraction of sp³-hybridized carbons (Fsp3) is 0.273. The van der Waals surface area contributed by atoms with Gasteiger partial charge in [-0.2, -0.15) is 5.10 Å². The smallest absolute Gasteiger partial charge is 0.0741 e. The highest BCUT2D eigenvalue weighted by Crippen LogP contribution is 2.20. The van der Waals surface area contributed by atoms with Gasteiger partial charge >= 0.3 is 0 Å². The predicted octanol–water partition coefficient (Wildman–Crippen LogP) is 0.676. The number of aryl methyl sites for hydroxylation is 2. The zero-order valence-electron chi connectivity index (χ0n) is 9.38. The molecule has 0 radical (unpaired) electrons. The molecule has 0 aromatic carbocycles. The molecule has 0 saturated carbocycles. The fourth-order valence-electron chi connectivity index (χ4n) is 1.72. The summed E-state index contributed by atoms with van der Waals surface area (Å²) in [6.45, 7) is 1.96. The van der Waals surface area contributed by atoms with Gasteiger partial charge in [0, 0.05) is 30.7 Å². The largest absolute Gasteiger partial charge is 0.275 e. The molecule has 0 saturated heterocycles. The third-order valence-electron chi connectivity index (χ3n) is 2.48. The first-order valence-electron chi connectivity index (χ1n) is 5.08. The summed E-state index contributed by atoms with van der Waals surface area (Å²) >= 11 is 0. The summed E-state index contributed by atoms with van der Waals surface area (Å²) in [5.41, 5.74) is 5.89. The second-order valence-electron chi connectivity index (χ2n) is 3.78. The SMILES string of the molecule is Cc1cc(C(NN)c2cnn(C)c2)ccn1. The van der Waals surface area contributed by atoms with Crippen molar-refractivity contribution in [2.24, 2.45) is 12.9 Å². The van der Waals surface area contributed by atoms with Crippen LogP contribution < -0.4 is 11.3 Å². The summed E-state index contributed by atoms with van der Waals surface area (Å²) in [5.74, 6) is 5.59. The number of nitrogens with zero attached hydrogens (tertiary/aromatic N) is 3. The van der Waals surface area contributed by atoms with E-state index in [2.05, 4.69) is 15.5 Å². The van der Waals surface area contributed by atoms with Gasteiger partial charge in [0.1, 0.15) is 0 Å². The second kappa shape index (κ2) is 4.42. The Morgan fingerprint density at radius 3 is 2.81 bits per heavy atom. The molecule has 0 amide bonds. The van der Waals surface area contributed by atoms with Crippen molar-refractivity contribution in [3.05, 3.63) is 47.5 Å². The minimum absolute atomic E-state index is 0.0459. The average Bonchev–Trinajstić information content (AvgIpc) is 2.66. The van der Waals surface area contributed by atoms with E-state index in [-0.39, 0.29) is 6.04 Å². The number of nitrogens with two attached hydrogens (primary N) is 1. The Labute approximate surface area is 94.3 Å². The number of pyridine rings is 1. The maximum Gasteiger partial charge on any atom is 0.0741 e. The second-order valence-corrected chi connectivity index (χ2v) is 3.78. The number of hydrogen-bond acceptors (Lipinski definition) is 4. The van der Waals surface area contributed by atoms with Crippen LogP contribution >= 0.6 is 0 Å². The van der Waals surface area contributed by atoms with Gasteiger partial charge in [0.2, 0.25) is 0 Å². The molecule has 16 heavy (non-hydrogen) atoms. The van der Waals surface area contributed by atoms with Crippen molar-refractivity contribution in [3.8, 4) is 0 Å². The molecule has 1 unspecified atom stereocenters. The Bertz CT molecular complexity index is 477. The molecule has 0 aliphatic heterocycles. The molecule has 1 atom stereocenters. The lowest BCUT2D eigenvalue weighted by molar-refractivity contribution is 0.634. The van der Waals surface area contributed by atoms with Gasteiger partial charge in [0.05, 0.1) is 12.2 Å². The van der Waals surface area contributed by atoms with Gasteiger partial charge in [-0.3, -0.25) is 15.5 Å². The van der Waals surface area contributed by atoms with Crippen LogP contribution in [0.4, 0.5) is 0 Å². The van der Waals surface area contributed by atoms with E-state index >= 15 is 0 Å². The molecule has 2 heterocycles. The molecule has 5 heteroatoms. The van der Waals surface area contributed by atoms with Gasteiger partial charge in [-0.05, 0) is 24.6 Å². The van der Waals surface area contributed by atoms with Crippen molar-refractivity contribution in [2.45, 2.75) is 13.0 Å². The van der Waals surface area contributed by atoms with Crippen molar-refractivity contribution < 1.29 is 0 Å². The van der Waals surface area contributed by atoms with Crippen LogP contribution in [0.1, 0.15) is 22.9 Å². The van der Waals surface area contributed by atoms with Crippen LogP contribution in [0.15, 0.2) is 30.7 Å². The highest BCUT2D eigenvalue weighted by atomic mass is 15.3. The van der Waals surface area contributed by atoms with Crippen molar-refractivity contribution in [3.63, 3.8) is 0 Å². The molecule has 5 nitrogen and oxygen atoms in total. The monoisotopic (exact) mass is 217 g/mol. The molecule has 0 fully saturated rings.